The summed E-state index contributed by atoms with van der Waals surface area (Å²) in [5.74, 6) is 1.31. The van der Waals surface area contributed by atoms with Gasteiger partial charge in [0.1, 0.15) is 11.3 Å². The topological polar surface area (TPSA) is 35.4 Å². The fourth-order valence-corrected chi connectivity index (χ4v) is 10.2. The highest BCUT2D eigenvalue weighted by molar-refractivity contribution is 6.10. The second-order valence-electron chi connectivity index (χ2n) is 15.9. The fraction of sp³-hybridized carbons (Fsp3) is 0.151. The number of hydrogen-bond acceptors (Lipinski definition) is 2. The molecule has 0 spiro atoms. The van der Waals surface area contributed by atoms with Gasteiger partial charge in [-0.3, -0.25) is 4.99 Å². The van der Waals surface area contributed by atoms with E-state index in [1.165, 1.54) is 88.9 Å². The molecule has 1 unspecified atom stereocenters. The van der Waals surface area contributed by atoms with E-state index in [0.29, 0.717) is 0 Å². The van der Waals surface area contributed by atoms with Gasteiger partial charge in [-0.25, -0.2) is 0 Å². The van der Waals surface area contributed by atoms with Crippen LogP contribution in [0.2, 0.25) is 0 Å². The number of allylic oxidation sites excluding steroid dienone is 4. The maximum absolute atomic E-state index is 6.56. The number of hydrogen-bond donors (Lipinski definition) is 0. The normalized spacial score (nSPS) is 17.3. The number of benzene rings is 5. The molecule has 0 fully saturated rings. The van der Waals surface area contributed by atoms with Gasteiger partial charge in [0.05, 0.1) is 22.4 Å². The molecule has 1 aliphatic heterocycles. The zero-order chi connectivity index (χ0) is 37.5. The van der Waals surface area contributed by atoms with Crippen molar-refractivity contribution >= 4 is 68.0 Å². The molecule has 8 aromatic rings. The Kier molecular flexibility index (Phi) is 7.41. The first-order valence-corrected chi connectivity index (χ1v) is 20.5. The molecule has 274 valence electrons. The van der Waals surface area contributed by atoms with Crippen molar-refractivity contribution in [3.63, 3.8) is 0 Å². The maximum atomic E-state index is 6.56. The van der Waals surface area contributed by atoms with Gasteiger partial charge in [-0.2, -0.15) is 0 Å². The Hall–Kier alpha value is -6.65. The van der Waals surface area contributed by atoms with Gasteiger partial charge in [-0.05, 0) is 109 Å². The first-order valence-electron chi connectivity index (χ1n) is 20.5. The van der Waals surface area contributed by atoms with Crippen molar-refractivity contribution in [2.45, 2.75) is 50.9 Å². The molecule has 3 aromatic heterocycles. The van der Waals surface area contributed by atoms with E-state index in [-0.39, 0.29) is 5.92 Å². The van der Waals surface area contributed by atoms with Crippen LogP contribution in [0.15, 0.2) is 149 Å². The molecule has 0 N–H and O–H groups in total. The molecular formula is C53H41N3O. The molecule has 0 saturated heterocycles. The summed E-state index contributed by atoms with van der Waals surface area (Å²) < 4.78 is 11.6. The molecule has 4 heterocycles. The van der Waals surface area contributed by atoms with Crippen LogP contribution in [0.1, 0.15) is 82.1 Å². The molecule has 3 aliphatic carbocycles. The summed E-state index contributed by atoms with van der Waals surface area (Å²) in [6.07, 6.45) is 20.6. The Morgan fingerprint density at radius 2 is 1.44 bits per heavy atom. The van der Waals surface area contributed by atoms with Crippen LogP contribution in [0.25, 0.3) is 68.0 Å². The third kappa shape index (κ3) is 5.10. The van der Waals surface area contributed by atoms with E-state index in [9.17, 15) is 0 Å². The third-order valence-corrected chi connectivity index (χ3v) is 12.8. The largest absolute Gasteiger partial charge is 0.460 e. The van der Waals surface area contributed by atoms with Gasteiger partial charge in [0.25, 0.3) is 0 Å². The number of para-hydroxylation sites is 3. The number of fused-ring (bicyclic) bond motifs is 9. The molecule has 4 aliphatic rings. The Morgan fingerprint density at radius 3 is 2.35 bits per heavy atom. The summed E-state index contributed by atoms with van der Waals surface area (Å²) in [5.41, 5.74) is 19.1. The van der Waals surface area contributed by atoms with E-state index >= 15 is 0 Å². The third-order valence-electron chi connectivity index (χ3n) is 12.8. The Morgan fingerprint density at radius 1 is 0.632 bits per heavy atom. The summed E-state index contributed by atoms with van der Waals surface area (Å²) in [6.45, 7) is 0. The summed E-state index contributed by atoms with van der Waals surface area (Å²) >= 11 is 0. The summed E-state index contributed by atoms with van der Waals surface area (Å²) in [4.78, 5) is 5.07. The zero-order valence-corrected chi connectivity index (χ0v) is 31.8. The standard InChI is InChI=1S/C53H41N3O/c1-2-13-34(14-3-1)38-19-12-30-54-53(38)42-18-7-11-23-49(42)56-48-22-10-6-17-41(48)43-31-35(24-27-50(43)56)36-25-28-51-44(32-36)45-33-37(26-29-52(45)57-51)55-46-20-8-4-15-39(46)40-16-5-9-21-47(40)55/h1-4,6-15,17-18,20-23,25,28,30-33,38H,5,16,19,24,26-27,29H2. The van der Waals surface area contributed by atoms with E-state index in [2.05, 4.69) is 161 Å². The van der Waals surface area contributed by atoms with Crippen molar-refractivity contribution in [3.8, 4) is 5.69 Å². The summed E-state index contributed by atoms with van der Waals surface area (Å²) in [6, 6.07) is 44.4. The molecule has 4 heteroatoms. The van der Waals surface area contributed by atoms with Crippen LogP contribution in [0.4, 0.5) is 0 Å². The summed E-state index contributed by atoms with van der Waals surface area (Å²) in [5, 5.41) is 3.88. The van der Waals surface area contributed by atoms with Crippen LogP contribution in [-0.4, -0.2) is 14.8 Å². The lowest BCUT2D eigenvalue weighted by atomic mass is 9.85. The Labute approximate surface area is 332 Å². The zero-order valence-electron chi connectivity index (χ0n) is 31.8. The lowest BCUT2D eigenvalue weighted by Crippen LogP contribution is -2.18. The van der Waals surface area contributed by atoms with Gasteiger partial charge in [0.2, 0.25) is 0 Å². The molecular weight excluding hydrogens is 695 g/mol. The molecule has 57 heavy (non-hydrogen) atoms. The predicted octanol–water partition coefficient (Wildman–Crippen LogP) is 13.2. The first kappa shape index (κ1) is 32.6. The predicted molar refractivity (Wildman–Crippen MR) is 237 cm³/mol. The highest BCUT2D eigenvalue weighted by Crippen LogP contribution is 2.43. The van der Waals surface area contributed by atoms with E-state index in [4.69, 9.17) is 9.41 Å². The number of aromatic nitrogens is 2. The van der Waals surface area contributed by atoms with Crippen molar-refractivity contribution in [2.24, 2.45) is 4.99 Å². The van der Waals surface area contributed by atoms with Crippen LogP contribution in [0.5, 0.6) is 0 Å². The second kappa shape index (κ2) is 13.0. The fourth-order valence-electron chi connectivity index (χ4n) is 10.2. The van der Waals surface area contributed by atoms with Crippen LogP contribution >= 0.6 is 0 Å². The highest BCUT2D eigenvalue weighted by Gasteiger charge is 2.28. The molecule has 0 radical (unpaired) electrons. The molecule has 0 bridgehead atoms. The van der Waals surface area contributed by atoms with Gasteiger partial charge in [-0.1, -0.05) is 103 Å². The number of furan rings is 1. The number of rotatable bonds is 5. The minimum absolute atomic E-state index is 0.209. The van der Waals surface area contributed by atoms with Crippen molar-refractivity contribution in [1.29, 1.82) is 0 Å². The average molecular weight is 736 g/mol. The smallest absolute Gasteiger partial charge is 0.134 e. The van der Waals surface area contributed by atoms with Gasteiger partial charge in [0, 0.05) is 68.5 Å². The monoisotopic (exact) mass is 735 g/mol. The van der Waals surface area contributed by atoms with E-state index < -0.39 is 0 Å². The van der Waals surface area contributed by atoms with Crippen LogP contribution in [-0.2, 0) is 19.3 Å². The van der Waals surface area contributed by atoms with Gasteiger partial charge < -0.3 is 13.6 Å². The summed E-state index contributed by atoms with van der Waals surface area (Å²) in [7, 11) is 0. The highest BCUT2D eigenvalue weighted by atomic mass is 16.3. The molecule has 1 atom stereocenters. The van der Waals surface area contributed by atoms with E-state index in [1.54, 1.807) is 0 Å². The minimum Gasteiger partial charge on any atom is -0.460 e. The Bertz CT molecular complexity index is 3100. The van der Waals surface area contributed by atoms with Crippen LogP contribution in [0, 0.1) is 0 Å². The maximum Gasteiger partial charge on any atom is 0.134 e. The quantitative estimate of drug-likeness (QED) is 0.173. The van der Waals surface area contributed by atoms with Crippen LogP contribution in [0.3, 0.4) is 0 Å². The van der Waals surface area contributed by atoms with Crippen molar-refractivity contribution in [3.05, 3.63) is 190 Å². The number of nitrogens with zero attached hydrogens (tertiary/aromatic N) is 3. The van der Waals surface area contributed by atoms with Gasteiger partial charge in [-0.15, -0.1) is 0 Å². The molecule has 0 amide bonds. The van der Waals surface area contributed by atoms with Crippen molar-refractivity contribution in [2.75, 3.05) is 0 Å². The number of aliphatic imine (C=N–C) groups is 1. The van der Waals surface area contributed by atoms with E-state index in [0.717, 1.165) is 62.0 Å². The van der Waals surface area contributed by atoms with Crippen molar-refractivity contribution < 1.29 is 4.42 Å². The first-order chi connectivity index (χ1) is 28.3. The van der Waals surface area contributed by atoms with Gasteiger partial charge in [0.15, 0.2) is 0 Å². The lowest BCUT2D eigenvalue weighted by Gasteiger charge is -2.25. The second-order valence-corrected chi connectivity index (χ2v) is 15.9. The SMILES string of the molecule is C1=Cc2c(c3ccccc3n2C2=Cc3c(oc4ccc(C5=Cc6c(n(-c7ccccc7C7=NC=CCC7c7ccccc7)c7ccccc67)CC5)cc34)CC2)CC1. The molecule has 4 nitrogen and oxygen atoms in total. The Balaban J connectivity index is 0.964. The molecule has 0 saturated carbocycles. The molecule has 12 rings (SSSR count). The van der Waals surface area contributed by atoms with Crippen LogP contribution < -0.4 is 0 Å². The van der Waals surface area contributed by atoms with E-state index in [1.807, 2.05) is 6.20 Å². The lowest BCUT2D eigenvalue weighted by molar-refractivity contribution is 0.546. The number of aryl methyl sites for hydroxylation is 2. The average Bonchev–Trinajstić information content (AvgIpc) is 3.93. The molecule has 5 aromatic carbocycles. The van der Waals surface area contributed by atoms with Crippen molar-refractivity contribution in [1.82, 2.24) is 9.13 Å². The van der Waals surface area contributed by atoms with Gasteiger partial charge >= 0.3 is 0 Å². The minimum atomic E-state index is 0.209.